The van der Waals surface area contributed by atoms with Crippen LogP contribution in [0.25, 0.3) is 0 Å². The van der Waals surface area contributed by atoms with Gasteiger partial charge in [-0.15, -0.1) is 6.42 Å². The summed E-state index contributed by atoms with van der Waals surface area (Å²) in [6, 6.07) is 8.77. The molecule has 1 saturated heterocycles. The van der Waals surface area contributed by atoms with Crippen molar-refractivity contribution in [1.29, 1.82) is 0 Å². The molecule has 1 heteroatoms. The molecule has 0 amide bonds. The minimum absolute atomic E-state index is 0.522. The fourth-order valence-electron chi connectivity index (χ4n) is 1.81. The molecule has 1 aromatic rings. The first-order valence-electron chi connectivity index (χ1n) is 4.70. The van der Waals surface area contributed by atoms with E-state index in [-0.39, 0.29) is 0 Å². The minimum atomic E-state index is 0.522. The highest BCUT2D eigenvalue weighted by molar-refractivity contribution is 5.36. The highest BCUT2D eigenvalue weighted by Gasteiger charge is 2.15. The zero-order valence-corrected chi connectivity index (χ0v) is 7.59. The van der Waals surface area contributed by atoms with Crippen LogP contribution in [0.5, 0.6) is 0 Å². The third-order valence-corrected chi connectivity index (χ3v) is 2.52. The maximum absolute atomic E-state index is 5.35. The summed E-state index contributed by atoms with van der Waals surface area (Å²) in [5, 5.41) is 3.46. The SMILES string of the molecule is C#Cc1cccc([C@@H]2CCCN2)c1. The van der Waals surface area contributed by atoms with Gasteiger partial charge < -0.3 is 5.32 Å². The quantitative estimate of drug-likeness (QED) is 0.638. The monoisotopic (exact) mass is 171 g/mol. The highest BCUT2D eigenvalue weighted by atomic mass is 14.9. The summed E-state index contributed by atoms with van der Waals surface area (Å²) in [6.07, 6.45) is 7.85. The Kier molecular flexibility index (Phi) is 2.33. The van der Waals surface area contributed by atoms with Crippen LogP contribution in [0, 0.1) is 12.3 Å². The van der Waals surface area contributed by atoms with E-state index in [1.807, 2.05) is 12.1 Å². The number of terminal acetylenes is 1. The van der Waals surface area contributed by atoms with Crippen LogP contribution in [0.1, 0.15) is 30.0 Å². The van der Waals surface area contributed by atoms with Crippen LogP contribution in [0.3, 0.4) is 0 Å². The Hall–Kier alpha value is -1.26. The Morgan fingerprint density at radius 3 is 3.08 bits per heavy atom. The summed E-state index contributed by atoms with van der Waals surface area (Å²) in [6.45, 7) is 1.13. The van der Waals surface area contributed by atoms with E-state index >= 15 is 0 Å². The van der Waals surface area contributed by atoms with Gasteiger partial charge in [-0.05, 0) is 37.1 Å². The molecular formula is C12H13N. The molecule has 1 heterocycles. The second kappa shape index (κ2) is 3.64. The first-order valence-corrected chi connectivity index (χ1v) is 4.70. The number of hydrogen-bond acceptors (Lipinski definition) is 1. The highest BCUT2D eigenvalue weighted by Crippen LogP contribution is 2.23. The maximum atomic E-state index is 5.35. The van der Waals surface area contributed by atoms with Crippen molar-refractivity contribution in [2.75, 3.05) is 6.54 Å². The predicted molar refractivity (Wildman–Crippen MR) is 54.4 cm³/mol. The molecule has 13 heavy (non-hydrogen) atoms. The minimum Gasteiger partial charge on any atom is -0.310 e. The van der Waals surface area contributed by atoms with Crippen molar-refractivity contribution in [3.63, 3.8) is 0 Å². The molecular weight excluding hydrogens is 158 g/mol. The lowest BCUT2D eigenvalue weighted by Crippen LogP contribution is -2.12. The fraction of sp³-hybridized carbons (Fsp3) is 0.333. The Labute approximate surface area is 79.2 Å². The summed E-state index contributed by atoms with van der Waals surface area (Å²) in [4.78, 5) is 0. The number of nitrogens with one attached hydrogen (secondary N) is 1. The van der Waals surface area contributed by atoms with Crippen molar-refractivity contribution in [2.24, 2.45) is 0 Å². The normalized spacial score (nSPS) is 21.3. The van der Waals surface area contributed by atoms with Gasteiger partial charge in [0.1, 0.15) is 0 Å². The first kappa shape index (κ1) is 8.34. The van der Waals surface area contributed by atoms with E-state index in [1.165, 1.54) is 18.4 Å². The zero-order valence-electron chi connectivity index (χ0n) is 7.59. The molecule has 0 aliphatic carbocycles. The van der Waals surface area contributed by atoms with E-state index in [4.69, 9.17) is 6.42 Å². The number of hydrogen-bond donors (Lipinski definition) is 1. The van der Waals surface area contributed by atoms with Crippen molar-refractivity contribution < 1.29 is 0 Å². The average molecular weight is 171 g/mol. The van der Waals surface area contributed by atoms with E-state index in [0.29, 0.717) is 6.04 Å². The maximum Gasteiger partial charge on any atom is 0.0321 e. The van der Waals surface area contributed by atoms with Gasteiger partial charge in [0.25, 0.3) is 0 Å². The van der Waals surface area contributed by atoms with Crippen LogP contribution < -0.4 is 5.32 Å². The first-order chi connectivity index (χ1) is 6.40. The largest absolute Gasteiger partial charge is 0.310 e. The summed E-state index contributed by atoms with van der Waals surface area (Å²) in [7, 11) is 0. The van der Waals surface area contributed by atoms with E-state index in [9.17, 15) is 0 Å². The molecule has 1 atom stereocenters. The Balaban J connectivity index is 2.25. The predicted octanol–water partition coefficient (Wildman–Crippen LogP) is 2.09. The van der Waals surface area contributed by atoms with E-state index < -0.39 is 0 Å². The third kappa shape index (κ3) is 1.74. The molecule has 0 saturated carbocycles. The molecule has 1 aromatic carbocycles. The Morgan fingerprint density at radius 2 is 2.38 bits per heavy atom. The summed E-state index contributed by atoms with van der Waals surface area (Å²) in [5.41, 5.74) is 2.30. The summed E-state index contributed by atoms with van der Waals surface area (Å²) in [5.74, 6) is 2.66. The van der Waals surface area contributed by atoms with Gasteiger partial charge in [-0.25, -0.2) is 0 Å². The molecule has 1 aliphatic heterocycles. The van der Waals surface area contributed by atoms with Crippen LogP contribution in [0.4, 0.5) is 0 Å². The van der Waals surface area contributed by atoms with Gasteiger partial charge in [-0.2, -0.15) is 0 Å². The number of benzene rings is 1. The average Bonchev–Trinajstić information content (AvgIpc) is 2.71. The Morgan fingerprint density at radius 1 is 1.46 bits per heavy atom. The van der Waals surface area contributed by atoms with Gasteiger partial charge in [0.05, 0.1) is 0 Å². The van der Waals surface area contributed by atoms with Crippen LogP contribution in [-0.4, -0.2) is 6.54 Å². The molecule has 0 spiro atoms. The summed E-state index contributed by atoms with van der Waals surface area (Å²) < 4.78 is 0. The summed E-state index contributed by atoms with van der Waals surface area (Å²) >= 11 is 0. The van der Waals surface area contributed by atoms with Crippen molar-refractivity contribution in [2.45, 2.75) is 18.9 Å². The third-order valence-electron chi connectivity index (χ3n) is 2.52. The molecule has 0 radical (unpaired) electrons. The molecule has 66 valence electrons. The topological polar surface area (TPSA) is 12.0 Å². The van der Waals surface area contributed by atoms with E-state index in [0.717, 1.165) is 12.1 Å². The van der Waals surface area contributed by atoms with Gasteiger partial charge in [0.2, 0.25) is 0 Å². The smallest absolute Gasteiger partial charge is 0.0321 e. The lowest BCUT2D eigenvalue weighted by Gasteiger charge is -2.10. The molecule has 1 fully saturated rings. The molecule has 1 aliphatic rings. The van der Waals surface area contributed by atoms with E-state index in [2.05, 4.69) is 23.4 Å². The van der Waals surface area contributed by atoms with Gasteiger partial charge >= 0.3 is 0 Å². The molecule has 1 N–H and O–H groups in total. The number of rotatable bonds is 1. The standard InChI is InChI=1S/C12H13N/c1-2-10-5-3-6-11(9-10)12-7-4-8-13-12/h1,3,5-6,9,12-13H,4,7-8H2/t12-/m0/s1. The van der Waals surface area contributed by atoms with Crippen molar-refractivity contribution in [3.05, 3.63) is 35.4 Å². The van der Waals surface area contributed by atoms with Crippen LogP contribution in [0.2, 0.25) is 0 Å². The molecule has 1 nitrogen and oxygen atoms in total. The molecule has 0 unspecified atom stereocenters. The van der Waals surface area contributed by atoms with Crippen molar-refractivity contribution >= 4 is 0 Å². The van der Waals surface area contributed by atoms with Crippen LogP contribution in [-0.2, 0) is 0 Å². The van der Waals surface area contributed by atoms with Crippen molar-refractivity contribution in [1.82, 2.24) is 5.32 Å². The van der Waals surface area contributed by atoms with Crippen LogP contribution >= 0.6 is 0 Å². The van der Waals surface area contributed by atoms with Crippen LogP contribution in [0.15, 0.2) is 24.3 Å². The molecule has 0 aromatic heterocycles. The fourth-order valence-corrected chi connectivity index (χ4v) is 1.81. The van der Waals surface area contributed by atoms with Gasteiger partial charge in [0, 0.05) is 11.6 Å². The Bertz CT molecular complexity index is 329. The van der Waals surface area contributed by atoms with Gasteiger partial charge in [0.15, 0.2) is 0 Å². The van der Waals surface area contributed by atoms with Gasteiger partial charge in [-0.1, -0.05) is 18.1 Å². The molecule has 2 rings (SSSR count). The zero-order chi connectivity index (χ0) is 9.10. The molecule has 0 bridgehead atoms. The van der Waals surface area contributed by atoms with Crippen molar-refractivity contribution in [3.8, 4) is 12.3 Å². The lowest BCUT2D eigenvalue weighted by molar-refractivity contribution is 0.647. The second-order valence-corrected chi connectivity index (χ2v) is 3.42. The lowest BCUT2D eigenvalue weighted by atomic mass is 10.0. The second-order valence-electron chi connectivity index (χ2n) is 3.42. The van der Waals surface area contributed by atoms with Gasteiger partial charge in [-0.3, -0.25) is 0 Å². The van der Waals surface area contributed by atoms with E-state index in [1.54, 1.807) is 0 Å².